The van der Waals surface area contributed by atoms with Gasteiger partial charge in [0.05, 0.1) is 11.4 Å². The van der Waals surface area contributed by atoms with Crippen LogP contribution in [0.3, 0.4) is 0 Å². The number of anilines is 2. The molecular weight excluding hydrogens is 195 g/mol. The fraction of sp³-hybridized carbons (Fsp3) is 0. The lowest BCUT2D eigenvalue weighted by Gasteiger charge is -2.22. The zero-order chi connectivity index (χ0) is 8.55. The Morgan fingerprint density at radius 2 is 2.00 bits per heavy atom. The maximum atomic E-state index is 5.89. The molecule has 1 aromatic carbocycles. The molecule has 0 fully saturated rings. The van der Waals surface area contributed by atoms with Crippen LogP contribution in [0.2, 0.25) is 0 Å². The van der Waals surface area contributed by atoms with Crippen LogP contribution in [0.15, 0.2) is 35.6 Å². The molecule has 0 saturated carbocycles. The number of nitrogens with zero attached hydrogens (tertiary/aromatic N) is 1. The smallest absolute Gasteiger partial charge is 0.140 e. The molecule has 4 heteroatoms. The molecular formula is C8H6Cl2N2. The Morgan fingerprint density at radius 3 is 2.83 bits per heavy atom. The maximum absolute atomic E-state index is 5.89. The van der Waals surface area contributed by atoms with E-state index >= 15 is 0 Å². The molecule has 0 spiro atoms. The molecule has 0 amide bonds. The Labute approximate surface area is 80.5 Å². The second-order valence-electron chi connectivity index (χ2n) is 2.41. The van der Waals surface area contributed by atoms with Crippen LogP contribution in [0, 0.1) is 0 Å². The zero-order valence-electron chi connectivity index (χ0n) is 6.09. The molecule has 0 unspecified atom stereocenters. The molecule has 2 nitrogen and oxygen atoms in total. The summed E-state index contributed by atoms with van der Waals surface area (Å²) < 4.78 is 1.41. The normalized spacial score (nSPS) is 14.8. The van der Waals surface area contributed by atoms with Gasteiger partial charge in [0.15, 0.2) is 0 Å². The molecule has 0 bridgehead atoms. The lowest BCUT2D eigenvalue weighted by molar-refractivity contribution is 1.32. The van der Waals surface area contributed by atoms with Gasteiger partial charge in [-0.3, -0.25) is 0 Å². The van der Waals surface area contributed by atoms with E-state index in [9.17, 15) is 0 Å². The Balaban J connectivity index is 2.49. The predicted molar refractivity (Wildman–Crippen MR) is 52.3 cm³/mol. The van der Waals surface area contributed by atoms with Crippen molar-refractivity contribution in [2.45, 2.75) is 0 Å². The van der Waals surface area contributed by atoms with Gasteiger partial charge in [-0.25, -0.2) is 4.42 Å². The van der Waals surface area contributed by atoms with E-state index in [4.69, 9.17) is 23.4 Å². The molecule has 2 rings (SSSR count). The van der Waals surface area contributed by atoms with Crippen LogP contribution >= 0.6 is 23.4 Å². The highest BCUT2D eigenvalue weighted by Crippen LogP contribution is 2.34. The summed E-state index contributed by atoms with van der Waals surface area (Å²) in [5.74, 6) is 0. The van der Waals surface area contributed by atoms with E-state index in [0.29, 0.717) is 5.16 Å². The third kappa shape index (κ3) is 1.13. The molecule has 12 heavy (non-hydrogen) atoms. The largest absolute Gasteiger partial charge is 0.357 e. The van der Waals surface area contributed by atoms with Crippen molar-refractivity contribution in [2.24, 2.45) is 0 Å². The van der Waals surface area contributed by atoms with Crippen LogP contribution < -0.4 is 9.74 Å². The molecule has 1 aliphatic rings. The number of hydrogen-bond donors (Lipinski definition) is 1. The predicted octanol–water partition coefficient (Wildman–Crippen LogP) is 3.11. The van der Waals surface area contributed by atoms with Crippen molar-refractivity contribution in [3.63, 3.8) is 0 Å². The molecule has 0 radical (unpaired) electrons. The summed E-state index contributed by atoms with van der Waals surface area (Å²) in [6.45, 7) is 0. The second kappa shape index (κ2) is 2.88. The molecule has 1 aromatic rings. The molecule has 1 aliphatic heterocycles. The SMILES string of the molecule is ClC1=CNc2ccccc2N1Cl. The summed E-state index contributed by atoms with van der Waals surface area (Å²) in [6, 6.07) is 7.67. The van der Waals surface area contributed by atoms with Gasteiger partial charge in [-0.2, -0.15) is 0 Å². The number of hydrogen-bond acceptors (Lipinski definition) is 2. The van der Waals surface area contributed by atoms with Crippen molar-refractivity contribution in [3.8, 4) is 0 Å². The van der Waals surface area contributed by atoms with E-state index in [1.165, 1.54) is 4.42 Å². The average molecular weight is 201 g/mol. The van der Waals surface area contributed by atoms with Crippen molar-refractivity contribution in [2.75, 3.05) is 9.74 Å². The lowest BCUT2D eigenvalue weighted by atomic mass is 10.2. The monoisotopic (exact) mass is 200 g/mol. The van der Waals surface area contributed by atoms with Crippen LogP contribution in [-0.4, -0.2) is 0 Å². The molecule has 0 saturated heterocycles. The average Bonchev–Trinajstić information content (AvgIpc) is 2.12. The number of benzene rings is 1. The molecule has 0 atom stereocenters. The van der Waals surface area contributed by atoms with E-state index < -0.39 is 0 Å². The molecule has 1 N–H and O–H groups in total. The van der Waals surface area contributed by atoms with E-state index in [2.05, 4.69) is 5.32 Å². The summed E-state index contributed by atoms with van der Waals surface area (Å²) in [6.07, 6.45) is 1.65. The van der Waals surface area contributed by atoms with Gasteiger partial charge in [0, 0.05) is 18.0 Å². The van der Waals surface area contributed by atoms with Crippen molar-refractivity contribution >= 4 is 34.8 Å². The molecule has 0 aromatic heterocycles. The van der Waals surface area contributed by atoms with Crippen molar-refractivity contribution in [1.82, 2.24) is 0 Å². The topological polar surface area (TPSA) is 15.3 Å². The minimum atomic E-state index is 0.468. The van der Waals surface area contributed by atoms with Gasteiger partial charge in [0.2, 0.25) is 0 Å². The first-order chi connectivity index (χ1) is 5.79. The van der Waals surface area contributed by atoms with E-state index in [-0.39, 0.29) is 0 Å². The van der Waals surface area contributed by atoms with Crippen LogP contribution in [-0.2, 0) is 0 Å². The molecule has 0 aliphatic carbocycles. The van der Waals surface area contributed by atoms with E-state index in [1.807, 2.05) is 24.3 Å². The van der Waals surface area contributed by atoms with E-state index in [0.717, 1.165) is 11.4 Å². The highest BCUT2D eigenvalue weighted by atomic mass is 35.5. The highest BCUT2D eigenvalue weighted by molar-refractivity contribution is 6.41. The van der Waals surface area contributed by atoms with Gasteiger partial charge in [0.25, 0.3) is 0 Å². The summed E-state index contributed by atoms with van der Waals surface area (Å²) in [5, 5.41) is 3.49. The summed E-state index contributed by atoms with van der Waals surface area (Å²) >= 11 is 11.7. The first-order valence-electron chi connectivity index (χ1n) is 3.46. The standard InChI is InChI=1S/C8H6Cl2N2/c9-8-5-11-6-3-1-2-4-7(6)12(8)10/h1-5,11H. The van der Waals surface area contributed by atoms with Crippen LogP contribution in [0.1, 0.15) is 0 Å². The summed E-state index contributed by atoms with van der Waals surface area (Å²) in [4.78, 5) is 0. The molecule has 62 valence electrons. The Bertz CT molecular complexity index is 336. The minimum Gasteiger partial charge on any atom is -0.357 e. The Kier molecular flexibility index (Phi) is 1.87. The van der Waals surface area contributed by atoms with Crippen molar-refractivity contribution < 1.29 is 0 Å². The van der Waals surface area contributed by atoms with Crippen molar-refractivity contribution in [3.05, 3.63) is 35.6 Å². The van der Waals surface area contributed by atoms with Gasteiger partial charge >= 0.3 is 0 Å². The Hall–Kier alpha value is -0.860. The fourth-order valence-electron chi connectivity index (χ4n) is 1.08. The van der Waals surface area contributed by atoms with E-state index in [1.54, 1.807) is 6.20 Å². The third-order valence-electron chi connectivity index (χ3n) is 1.65. The lowest BCUT2D eigenvalue weighted by Crippen LogP contribution is -2.13. The number of halogens is 2. The number of para-hydroxylation sites is 2. The van der Waals surface area contributed by atoms with Crippen LogP contribution in [0.4, 0.5) is 11.4 Å². The first kappa shape index (κ1) is 7.77. The number of fused-ring (bicyclic) bond motifs is 1. The van der Waals surface area contributed by atoms with Gasteiger partial charge in [-0.15, -0.1) is 0 Å². The second-order valence-corrected chi connectivity index (χ2v) is 3.13. The van der Waals surface area contributed by atoms with Gasteiger partial charge in [-0.1, -0.05) is 23.7 Å². The van der Waals surface area contributed by atoms with Gasteiger partial charge in [-0.05, 0) is 12.1 Å². The zero-order valence-corrected chi connectivity index (χ0v) is 7.60. The maximum Gasteiger partial charge on any atom is 0.140 e. The molecule has 1 heterocycles. The quantitative estimate of drug-likeness (QED) is 0.512. The number of nitrogens with one attached hydrogen (secondary N) is 1. The number of rotatable bonds is 0. The third-order valence-corrected chi connectivity index (χ3v) is 2.38. The minimum absolute atomic E-state index is 0.468. The van der Waals surface area contributed by atoms with Crippen LogP contribution in [0.5, 0.6) is 0 Å². The Morgan fingerprint density at radius 1 is 1.25 bits per heavy atom. The summed E-state index contributed by atoms with van der Waals surface area (Å²) in [5.41, 5.74) is 1.82. The first-order valence-corrected chi connectivity index (χ1v) is 4.18. The van der Waals surface area contributed by atoms with Crippen molar-refractivity contribution in [1.29, 1.82) is 0 Å². The highest BCUT2D eigenvalue weighted by Gasteiger charge is 2.15. The fourth-order valence-corrected chi connectivity index (χ4v) is 1.42. The summed E-state index contributed by atoms with van der Waals surface area (Å²) in [7, 11) is 0. The van der Waals surface area contributed by atoms with Crippen LogP contribution in [0.25, 0.3) is 0 Å². The van der Waals surface area contributed by atoms with Gasteiger partial charge in [0.1, 0.15) is 5.16 Å². The van der Waals surface area contributed by atoms with Gasteiger partial charge < -0.3 is 5.32 Å².